The Morgan fingerprint density at radius 1 is 1.65 bits per heavy atom. The first-order valence-electron chi connectivity index (χ1n) is 5.22. The van der Waals surface area contributed by atoms with Gasteiger partial charge in [-0.05, 0) is 40.5 Å². The van der Waals surface area contributed by atoms with Crippen molar-refractivity contribution in [2.75, 3.05) is 7.11 Å². The number of rotatable bonds is 4. The van der Waals surface area contributed by atoms with Crippen LogP contribution in [0.3, 0.4) is 0 Å². The van der Waals surface area contributed by atoms with Gasteiger partial charge in [-0.15, -0.1) is 6.42 Å². The van der Waals surface area contributed by atoms with E-state index in [-0.39, 0.29) is 11.9 Å². The molecule has 3 nitrogen and oxygen atoms in total. The van der Waals surface area contributed by atoms with Gasteiger partial charge in [0.05, 0.1) is 18.7 Å². The zero-order valence-corrected chi connectivity index (χ0v) is 11.4. The molecule has 4 heteroatoms. The largest absolute Gasteiger partial charge is 0.497 e. The summed E-state index contributed by atoms with van der Waals surface area (Å²) in [7, 11) is 1.56. The summed E-state index contributed by atoms with van der Waals surface area (Å²) in [5, 5.41) is 2.76. The van der Waals surface area contributed by atoms with Crippen LogP contribution in [0.1, 0.15) is 23.7 Å². The van der Waals surface area contributed by atoms with Crippen molar-refractivity contribution in [1.29, 1.82) is 0 Å². The number of amides is 1. The molecule has 90 valence electrons. The smallest absolute Gasteiger partial charge is 0.253 e. The maximum Gasteiger partial charge on any atom is 0.253 e. The SMILES string of the molecule is C#CC(CC)NC(=O)c1cc(OC)ccc1Br. The molecule has 0 fully saturated rings. The van der Waals surface area contributed by atoms with Gasteiger partial charge in [-0.3, -0.25) is 4.79 Å². The summed E-state index contributed by atoms with van der Waals surface area (Å²) in [6.45, 7) is 1.92. The highest BCUT2D eigenvalue weighted by Gasteiger charge is 2.13. The number of hydrogen-bond donors (Lipinski definition) is 1. The minimum absolute atomic E-state index is 0.208. The Kier molecular flexibility index (Phi) is 5.05. The van der Waals surface area contributed by atoms with Gasteiger partial charge in [0.15, 0.2) is 0 Å². The van der Waals surface area contributed by atoms with Crippen LogP contribution in [-0.4, -0.2) is 19.1 Å². The summed E-state index contributed by atoms with van der Waals surface area (Å²) in [6.07, 6.45) is 6.00. The molecular weight excluding hydrogens is 282 g/mol. The standard InChI is InChI=1S/C13H14BrNO2/c1-4-9(5-2)15-13(16)11-8-10(17-3)6-7-12(11)14/h1,6-9H,5H2,2-3H3,(H,15,16). The Labute approximate surface area is 110 Å². The van der Waals surface area contributed by atoms with Crippen LogP contribution in [0.2, 0.25) is 0 Å². The second-order valence-corrected chi connectivity index (χ2v) is 4.30. The molecule has 0 aliphatic rings. The molecule has 1 N–H and O–H groups in total. The second kappa shape index (κ2) is 6.31. The molecule has 0 aliphatic heterocycles. The van der Waals surface area contributed by atoms with Crippen molar-refractivity contribution < 1.29 is 9.53 Å². The molecule has 1 aromatic rings. The summed E-state index contributed by atoms with van der Waals surface area (Å²) >= 11 is 3.33. The van der Waals surface area contributed by atoms with Gasteiger partial charge >= 0.3 is 0 Å². The highest BCUT2D eigenvalue weighted by Crippen LogP contribution is 2.22. The van der Waals surface area contributed by atoms with E-state index in [0.717, 1.165) is 0 Å². The molecule has 0 heterocycles. The fourth-order valence-electron chi connectivity index (χ4n) is 1.30. The maximum absolute atomic E-state index is 12.0. The van der Waals surface area contributed by atoms with Gasteiger partial charge in [-0.25, -0.2) is 0 Å². The summed E-state index contributed by atoms with van der Waals surface area (Å²) in [5.74, 6) is 2.95. The van der Waals surface area contributed by atoms with Gasteiger partial charge in [0.2, 0.25) is 0 Å². The van der Waals surface area contributed by atoms with Gasteiger partial charge in [0, 0.05) is 4.47 Å². The van der Waals surface area contributed by atoms with Crippen molar-refractivity contribution in [3.8, 4) is 18.1 Å². The molecule has 1 aromatic carbocycles. The fourth-order valence-corrected chi connectivity index (χ4v) is 1.73. The number of terminal acetylenes is 1. The number of halogens is 1. The van der Waals surface area contributed by atoms with E-state index in [1.807, 2.05) is 6.92 Å². The highest BCUT2D eigenvalue weighted by molar-refractivity contribution is 9.10. The quantitative estimate of drug-likeness (QED) is 0.867. The molecule has 0 saturated carbocycles. The van der Waals surface area contributed by atoms with E-state index in [9.17, 15) is 4.79 Å². The van der Waals surface area contributed by atoms with Crippen molar-refractivity contribution >= 4 is 21.8 Å². The monoisotopic (exact) mass is 295 g/mol. The number of carbonyl (C=O) groups excluding carboxylic acids is 1. The van der Waals surface area contributed by atoms with E-state index in [1.165, 1.54) is 0 Å². The van der Waals surface area contributed by atoms with E-state index in [2.05, 4.69) is 27.2 Å². The van der Waals surface area contributed by atoms with E-state index >= 15 is 0 Å². The Hall–Kier alpha value is -1.47. The lowest BCUT2D eigenvalue weighted by molar-refractivity contribution is 0.0944. The van der Waals surface area contributed by atoms with Crippen LogP contribution in [0.5, 0.6) is 5.75 Å². The molecule has 0 radical (unpaired) electrons. The third-order valence-corrected chi connectivity index (χ3v) is 3.02. The van der Waals surface area contributed by atoms with Crippen LogP contribution in [0.15, 0.2) is 22.7 Å². The van der Waals surface area contributed by atoms with Crippen molar-refractivity contribution in [3.63, 3.8) is 0 Å². The lowest BCUT2D eigenvalue weighted by atomic mass is 10.1. The molecular formula is C13H14BrNO2. The molecule has 0 bridgehead atoms. The summed E-state index contributed by atoms with van der Waals surface area (Å²) in [6, 6.07) is 4.97. The van der Waals surface area contributed by atoms with Gasteiger partial charge in [0.25, 0.3) is 5.91 Å². The first-order valence-corrected chi connectivity index (χ1v) is 6.02. The Morgan fingerprint density at radius 3 is 2.88 bits per heavy atom. The second-order valence-electron chi connectivity index (χ2n) is 3.45. The average Bonchev–Trinajstić information content (AvgIpc) is 2.36. The lowest BCUT2D eigenvalue weighted by Gasteiger charge is -2.12. The van der Waals surface area contributed by atoms with E-state index in [0.29, 0.717) is 22.2 Å². The summed E-state index contributed by atoms with van der Waals surface area (Å²) < 4.78 is 5.79. The highest BCUT2D eigenvalue weighted by atomic mass is 79.9. The van der Waals surface area contributed by atoms with Gasteiger partial charge in [0.1, 0.15) is 5.75 Å². The van der Waals surface area contributed by atoms with Gasteiger partial charge in [-0.1, -0.05) is 12.8 Å². The minimum Gasteiger partial charge on any atom is -0.497 e. The van der Waals surface area contributed by atoms with Crippen LogP contribution in [0.4, 0.5) is 0 Å². The molecule has 0 aliphatic carbocycles. The first kappa shape index (κ1) is 13.6. The zero-order valence-electron chi connectivity index (χ0n) is 9.79. The molecule has 1 rings (SSSR count). The number of carbonyl (C=O) groups is 1. The average molecular weight is 296 g/mol. The first-order chi connectivity index (χ1) is 8.12. The minimum atomic E-state index is -0.249. The summed E-state index contributed by atoms with van der Waals surface area (Å²) in [4.78, 5) is 12.0. The number of benzene rings is 1. The van der Waals surface area contributed by atoms with Crippen molar-refractivity contribution in [1.82, 2.24) is 5.32 Å². The number of methoxy groups -OCH3 is 1. The molecule has 1 atom stereocenters. The van der Waals surface area contributed by atoms with Crippen LogP contribution in [-0.2, 0) is 0 Å². The van der Waals surface area contributed by atoms with Crippen molar-refractivity contribution in [2.24, 2.45) is 0 Å². The molecule has 0 aromatic heterocycles. The van der Waals surface area contributed by atoms with Crippen molar-refractivity contribution in [2.45, 2.75) is 19.4 Å². The third-order valence-electron chi connectivity index (χ3n) is 2.33. The number of nitrogens with one attached hydrogen (secondary N) is 1. The third kappa shape index (κ3) is 3.50. The van der Waals surface area contributed by atoms with Gasteiger partial charge in [-0.2, -0.15) is 0 Å². The molecule has 1 unspecified atom stereocenters. The number of ether oxygens (including phenoxy) is 1. The Bertz CT molecular complexity index is 451. The van der Waals surface area contributed by atoms with Crippen LogP contribution in [0, 0.1) is 12.3 Å². The lowest BCUT2D eigenvalue weighted by Crippen LogP contribution is -2.33. The predicted molar refractivity (Wildman–Crippen MR) is 71.1 cm³/mol. The fraction of sp³-hybridized carbons (Fsp3) is 0.308. The Morgan fingerprint density at radius 2 is 2.35 bits per heavy atom. The number of hydrogen-bond acceptors (Lipinski definition) is 2. The van der Waals surface area contributed by atoms with Crippen LogP contribution in [0.25, 0.3) is 0 Å². The van der Waals surface area contributed by atoms with E-state index < -0.39 is 0 Å². The zero-order chi connectivity index (χ0) is 12.8. The molecule has 17 heavy (non-hydrogen) atoms. The molecule has 0 spiro atoms. The molecule has 0 saturated heterocycles. The van der Waals surface area contributed by atoms with E-state index in [4.69, 9.17) is 11.2 Å². The molecule has 1 amide bonds. The Balaban J connectivity index is 2.92. The van der Waals surface area contributed by atoms with Crippen molar-refractivity contribution in [3.05, 3.63) is 28.2 Å². The normalized spacial score (nSPS) is 11.4. The van der Waals surface area contributed by atoms with Crippen LogP contribution < -0.4 is 10.1 Å². The van der Waals surface area contributed by atoms with Gasteiger partial charge < -0.3 is 10.1 Å². The maximum atomic E-state index is 12.0. The predicted octanol–water partition coefficient (Wildman–Crippen LogP) is 2.60. The summed E-state index contributed by atoms with van der Waals surface area (Å²) in [5.41, 5.74) is 0.512. The van der Waals surface area contributed by atoms with E-state index in [1.54, 1.807) is 25.3 Å². The van der Waals surface area contributed by atoms with Crippen LogP contribution >= 0.6 is 15.9 Å². The topological polar surface area (TPSA) is 38.3 Å².